The maximum Gasteiger partial charge on any atom is 0.0648 e. The second-order valence-corrected chi connectivity index (χ2v) is 5.08. The monoisotopic (exact) mass is 235 g/mol. The molecule has 1 nitrogen and oxygen atoms in total. The van der Waals surface area contributed by atoms with Gasteiger partial charge in [-0.1, -0.05) is 29.8 Å². The summed E-state index contributed by atoms with van der Waals surface area (Å²) in [5.74, 6) is 0. The van der Waals surface area contributed by atoms with Gasteiger partial charge in [-0.15, -0.1) is 11.3 Å². The van der Waals surface area contributed by atoms with E-state index >= 15 is 0 Å². The first-order chi connectivity index (χ1) is 7.34. The van der Waals surface area contributed by atoms with Crippen molar-refractivity contribution >= 4 is 28.6 Å². The van der Waals surface area contributed by atoms with Crippen molar-refractivity contribution in [1.82, 2.24) is 0 Å². The zero-order valence-electron chi connectivity index (χ0n) is 8.03. The quantitative estimate of drug-likeness (QED) is 0.785. The summed E-state index contributed by atoms with van der Waals surface area (Å²) < 4.78 is 0. The Morgan fingerprint density at radius 3 is 2.93 bits per heavy atom. The standard InChI is InChI=1S/C12H10ClNS/c13-9-4-1-3-8-7-10(14-12(8)9)11-5-2-6-15-11/h1-6,10,14H,7H2. The van der Waals surface area contributed by atoms with Crippen LogP contribution in [0.1, 0.15) is 16.5 Å². The molecule has 0 saturated carbocycles. The molecule has 0 aliphatic carbocycles. The van der Waals surface area contributed by atoms with Gasteiger partial charge in [-0.2, -0.15) is 0 Å². The average molecular weight is 236 g/mol. The van der Waals surface area contributed by atoms with E-state index in [1.54, 1.807) is 11.3 Å². The van der Waals surface area contributed by atoms with Gasteiger partial charge in [0.05, 0.1) is 16.8 Å². The maximum atomic E-state index is 6.14. The van der Waals surface area contributed by atoms with E-state index in [4.69, 9.17) is 11.6 Å². The molecule has 0 amide bonds. The predicted molar refractivity (Wildman–Crippen MR) is 65.8 cm³/mol. The van der Waals surface area contributed by atoms with Crippen LogP contribution in [0.5, 0.6) is 0 Å². The average Bonchev–Trinajstić information content (AvgIpc) is 2.86. The summed E-state index contributed by atoms with van der Waals surface area (Å²) in [6, 6.07) is 10.7. The Kier molecular flexibility index (Phi) is 2.19. The van der Waals surface area contributed by atoms with Crippen molar-refractivity contribution in [2.24, 2.45) is 0 Å². The van der Waals surface area contributed by atoms with Crippen LogP contribution in [0.25, 0.3) is 0 Å². The molecule has 1 aliphatic rings. The van der Waals surface area contributed by atoms with Crippen LogP contribution in [0, 0.1) is 0 Å². The fourth-order valence-corrected chi connectivity index (χ4v) is 3.03. The molecule has 1 unspecified atom stereocenters. The van der Waals surface area contributed by atoms with Crippen molar-refractivity contribution in [2.75, 3.05) is 5.32 Å². The van der Waals surface area contributed by atoms with Crippen LogP contribution in [0.3, 0.4) is 0 Å². The molecule has 1 aromatic heterocycles. The molecule has 1 N–H and O–H groups in total. The highest BCUT2D eigenvalue weighted by atomic mass is 35.5. The van der Waals surface area contributed by atoms with Crippen LogP contribution < -0.4 is 5.32 Å². The van der Waals surface area contributed by atoms with Crippen LogP contribution in [0.15, 0.2) is 35.7 Å². The molecule has 0 fully saturated rings. The maximum absolute atomic E-state index is 6.14. The van der Waals surface area contributed by atoms with Crippen LogP contribution in [-0.2, 0) is 6.42 Å². The van der Waals surface area contributed by atoms with Gasteiger partial charge in [0.25, 0.3) is 0 Å². The van der Waals surface area contributed by atoms with Crippen LogP contribution >= 0.6 is 22.9 Å². The third-order valence-corrected chi connectivity index (χ3v) is 4.03. The molecule has 0 radical (unpaired) electrons. The zero-order chi connectivity index (χ0) is 10.3. The molecule has 2 heterocycles. The third kappa shape index (κ3) is 1.54. The van der Waals surface area contributed by atoms with E-state index in [9.17, 15) is 0 Å². The summed E-state index contributed by atoms with van der Waals surface area (Å²) in [6.07, 6.45) is 1.04. The highest BCUT2D eigenvalue weighted by molar-refractivity contribution is 7.10. The molecule has 1 aromatic carbocycles. The summed E-state index contributed by atoms with van der Waals surface area (Å²) in [7, 11) is 0. The Morgan fingerprint density at radius 1 is 1.27 bits per heavy atom. The van der Waals surface area contributed by atoms with E-state index in [2.05, 4.69) is 28.9 Å². The number of fused-ring (bicyclic) bond motifs is 1. The van der Waals surface area contributed by atoms with Gasteiger partial charge in [-0.25, -0.2) is 0 Å². The lowest BCUT2D eigenvalue weighted by Gasteiger charge is -2.08. The molecule has 15 heavy (non-hydrogen) atoms. The Hall–Kier alpha value is -0.990. The smallest absolute Gasteiger partial charge is 0.0648 e. The minimum absolute atomic E-state index is 0.403. The van der Waals surface area contributed by atoms with Gasteiger partial charge in [0, 0.05) is 4.88 Å². The minimum Gasteiger partial charge on any atom is -0.376 e. The molecule has 2 aromatic rings. The lowest BCUT2D eigenvalue weighted by molar-refractivity contribution is 0.843. The van der Waals surface area contributed by atoms with Crippen molar-refractivity contribution in [1.29, 1.82) is 0 Å². The van der Waals surface area contributed by atoms with Crippen molar-refractivity contribution in [3.63, 3.8) is 0 Å². The summed E-state index contributed by atoms with van der Waals surface area (Å²) in [6.45, 7) is 0. The Labute approximate surface area is 97.7 Å². The van der Waals surface area contributed by atoms with E-state index < -0.39 is 0 Å². The van der Waals surface area contributed by atoms with Gasteiger partial charge < -0.3 is 5.32 Å². The molecule has 1 aliphatic heterocycles. The lowest BCUT2D eigenvalue weighted by atomic mass is 10.1. The summed E-state index contributed by atoms with van der Waals surface area (Å²) in [4.78, 5) is 1.38. The largest absolute Gasteiger partial charge is 0.376 e. The van der Waals surface area contributed by atoms with Gasteiger partial charge in [0.15, 0.2) is 0 Å². The molecule has 1 atom stereocenters. The van der Waals surface area contributed by atoms with E-state index in [1.807, 2.05) is 12.1 Å². The Bertz CT molecular complexity index is 478. The summed E-state index contributed by atoms with van der Waals surface area (Å²) in [5, 5.41) is 6.42. The van der Waals surface area contributed by atoms with Crippen molar-refractivity contribution in [2.45, 2.75) is 12.5 Å². The number of anilines is 1. The SMILES string of the molecule is Clc1cccc2c1NC(c1cccs1)C2. The van der Waals surface area contributed by atoms with Gasteiger partial charge in [-0.3, -0.25) is 0 Å². The molecule has 0 bridgehead atoms. The Morgan fingerprint density at radius 2 is 2.20 bits per heavy atom. The van der Waals surface area contributed by atoms with Crippen LogP contribution in [0.4, 0.5) is 5.69 Å². The van der Waals surface area contributed by atoms with Crippen molar-refractivity contribution < 1.29 is 0 Å². The van der Waals surface area contributed by atoms with Crippen molar-refractivity contribution in [3.05, 3.63) is 51.2 Å². The van der Waals surface area contributed by atoms with E-state index in [0.29, 0.717) is 6.04 Å². The predicted octanol–water partition coefficient (Wildman–Crippen LogP) is 4.11. The number of thiophene rings is 1. The molecular weight excluding hydrogens is 226 g/mol. The highest BCUT2D eigenvalue weighted by Gasteiger charge is 2.23. The van der Waals surface area contributed by atoms with Crippen LogP contribution in [-0.4, -0.2) is 0 Å². The van der Waals surface area contributed by atoms with Gasteiger partial charge in [0.2, 0.25) is 0 Å². The number of para-hydroxylation sites is 1. The highest BCUT2D eigenvalue weighted by Crippen LogP contribution is 2.39. The first kappa shape index (κ1) is 9.25. The number of halogens is 1. The minimum atomic E-state index is 0.403. The first-order valence-corrected chi connectivity index (χ1v) is 6.17. The second kappa shape index (κ2) is 3.54. The van der Waals surface area contributed by atoms with Crippen molar-refractivity contribution in [3.8, 4) is 0 Å². The zero-order valence-corrected chi connectivity index (χ0v) is 9.61. The fourth-order valence-electron chi connectivity index (χ4n) is 2.01. The topological polar surface area (TPSA) is 12.0 Å². The van der Waals surface area contributed by atoms with Gasteiger partial charge in [-0.05, 0) is 29.5 Å². The van der Waals surface area contributed by atoms with E-state index in [-0.39, 0.29) is 0 Å². The number of hydrogen-bond acceptors (Lipinski definition) is 2. The van der Waals surface area contributed by atoms with Crippen LogP contribution in [0.2, 0.25) is 5.02 Å². The van der Waals surface area contributed by atoms with E-state index in [1.165, 1.54) is 10.4 Å². The first-order valence-electron chi connectivity index (χ1n) is 4.92. The summed E-state index contributed by atoms with van der Waals surface area (Å²) >= 11 is 7.93. The normalized spacial score (nSPS) is 18.6. The number of nitrogens with one attached hydrogen (secondary N) is 1. The number of benzene rings is 1. The molecule has 3 heteroatoms. The van der Waals surface area contributed by atoms with E-state index in [0.717, 1.165) is 17.1 Å². The lowest BCUT2D eigenvalue weighted by Crippen LogP contribution is -2.03. The number of hydrogen-bond donors (Lipinski definition) is 1. The summed E-state index contributed by atoms with van der Waals surface area (Å²) in [5.41, 5.74) is 2.43. The number of rotatable bonds is 1. The second-order valence-electron chi connectivity index (χ2n) is 3.69. The Balaban J connectivity index is 1.96. The molecular formula is C12H10ClNS. The van der Waals surface area contributed by atoms with Gasteiger partial charge >= 0.3 is 0 Å². The molecule has 3 rings (SSSR count). The fraction of sp³-hybridized carbons (Fsp3) is 0.167. The third-order valence-electron chi connectivity index (χ3n) is 2.73. The van der Waals surface area contributed by atoms with Gasteiger partial charge in [0.1, 0.15) is 0 Å². The molecule has 76 valence electrons. The molecule has 0 spiro atoms. The molecule has 0 saturated heterocycles.